The van der Waals surface area contributed by atoms with Crippen LogP contribution < -0.4 is 0 Å². The first-order chi connectivity index (χ1) is 8.00. The molecule has 0 aliphatic carbocycles. The minimum atomic E-state index is -0.936. The second-order valence-corrected chi connectivity index (χ2v) is 4.32. The molecular weight excluding hydrogens is 222 g/mol. The summed E-state index contributed by atoms with van der Waals surface area (Å²) in [6.07, 6.45) is 1.26. The molecule has 1 aliphatic rings. The van der Waals surface area contributed by atoms with Gasteiger partial charge >= 0.3 is 5.97 Å². The van der Waals surface area contributed by atoms with Gasteiger partial charge in [-0.2, -0.15) is 0 Å². The van der Waals surface area contributed by atoms with Crippen molar-refractivity contribution in [3.63, 3.8) is 0 Å². The molecule has 2 heterocycles. The summed E-state index contributed by atoms with van der Waals surface area (Å²) in [7, 11) is 0. The number of nitrogens with zero attached hydrogens (tertiary/aromatic N) is 1. The van der Waals surface area contributed by atoms with Crippen molar-refractivity contribution in [2.45, 2.75) is 32.7 Å². The summed E-state index contributed by atoms with van der Waals surface area (Å²) in [6, 6.07) is 0.964. The highest BCUT2D eigenvalue weighted by Gasteiger charge is 2.35. The Bertz CT molecular complexity index is 463. The summed E-state index contributed by atoms with van der Waals surface area (Å²) in [6.45, 7) is 3.98. The van der Waals surface area contributed by atoms with Crippen LogP contribution in [0.1, 0.15) is 34.7 Å². The van der Waals surface area contributed by atoms with Crippen molar-refractivity contribution < 1.29 is 19.1 Å². The number of aryl methyl sites for hydroxylation is 2. The zero-order valence-electron chi connectivity index (χ0n) is 9.90. The van der Waals surface area contributed by atoms with Gasteiger partial charge in [-0.25, -0.2) is 4.79 Å². The average Bonchev–Trinajstić information content (AvgIpc) is 2.83. The van der Waals surface area contributed by atoms with Crippen LogP contribution in [0.25, 0.3) is 0 Å². The minimum Gasteiger partial charge on any atom is -0.480 e. The van der Waals surface area contributed by atoms with Crippen molar-refractivity contribution in [3.05, 3.63) is 23.2 Å². The van der Waals surface area contributed by atoms with Crippen LogP contribution in [0.3, 0.4) is 0 Å². The Morgan fingerprint density at radius 1 is 1.47 bits per heavy atom. The van der Waals surface area contributed by atoms with Crippen LogP contribution in [-0.4, -0.2) is 34.5 Å². The molecule has 0 saturated carbocycles. The third-order valence-electron chi connectivity index (χ3n) is 3.07. The van der Waals surface area contributed by atoms with Gasteiger partial charge in [-0.1, -0.05) is 0 Å². The number of likely N-dealkylation sites (tertiary alicyclic amines) is 1. The van der Waals surface area contributed by atoms with Gasteiger partial charge in [0, 0.05) is 6.54 Å². The van der Waals surface area contributed by atoms with Crippen LogP contribution in [0.2, 0.25) is 0 Å². The van der Waals surface area contributed by atoms with Crippen LogP contribution in [-0.2, 0) is 4.79 Å². The van der Waals surface area contributed by atoms with E-state index in [1.807, 2.05) is 0 Å². The number of carboxylic acids is 1. The van der Waals surface area contributed by atoms with Gasteiger partial charge in [-0.3, -0.25) is 4.79 Å². The normalized spacial score (nSPS) is 19.6. The van der Waals surface area contributed by atoms with Gasteiger partial charge in [0.05, 0.1) is 5.56 Å². The van der Waals surface area contributed by atoms with Crippen LogP contribution in [0.4, 0.5) is 0 Å². The molecule has 0 unspecified atom stereocenters. The van der Waals surface area contributed by atoms with E-state index in [0.29, 0.717) is 30.0 Å². The van der Waals surface area contributed by atoms with E-state index in [0.717, 1.165) is 6.42 Å². The molecule has 1 atom stereocenters. The zero-order valence-corrected chi connectivity index (χ0v) is 9.90. The van der Waals surface area contributed by atoms with Crippen molar-refractivity contribution in [1.29, 1.82) is 0 Å². The topological polar surface area (TPSA) is 70.8 Å². The fraction of sp³-hybridized carbons (Fsp3) is 0.500. The molecule has 1 aliphatic heterocycles. The maximum atomic E-state index is 12.2. The number of amides is 1. The Kier molecular flexibility index (Phi) is 2.92. The van der Waals surface area contributed by atoms with E-state index in [1.54, 1.807) is 19.9 Å². The van der Waals surface area contributed by atoms with E-state index in [1.165, 1.54) is 4.90 Å². The summed E-state index contributed by atoms with van der Waals surface area (Å²) in [4.78, 5) is 24.6. The maximum absolute atomic E-state index is 12.2. The average molecular weight is 237 g/mol. The van der Waals surface area contributed by atoms with E-state index in [4.69, 9.17) is 9.52 Å². The van der Waals surface area contributed by atoms with Gasteiger partial charge in [0.25, 0.3) is 5.91 Å². The number of hydrogen-bond donors (Lipinski definition) is 1. The number of rotatable bonds is 2. The van der Waals surface area contributed by atoms with E-state index < -0.39 is 12.0 Å². The van der Waals surface area contributed by atoms with Gasteiger partial charge in [0.2, 0.25) is 0 Å². The maximum Gasteiger partial charge on any atom is 0.326 e. The number of furan rings is 1. The van der Waals surface area contributed by atoms with Crippen molar-refractivity contribution >= 4 is 11.9 Å². The van der Waals surface area contributed by atoms with Gasteiger partial charge in [-0.15, -0.1) is 0 Å². The third kappa shape index (κ3) is 2.05. The number of carbonyl (C=O) groups excluding carboxylic acids is 1. The van der Waals surface area contributed by atoms with Gasteiger partial charge in [0.1, 0.15) is 17.6 Å². The molecule has 1 fully saturated rings. The first kappa shape index (κ1) is 11.7. The summed E-state index contributed by atoms with van der Waals surface area (Å²) >= 11 is 0. The lowest BCUT2D eigenvalue weighted by molar-refractivity contribution is -0.141. The molecule has 1 aromatic rings. The van der Waals surface area contributed by atoms with Crippen molar-refractivity contribution in [3.8, 4) is 0 Å². The van der Waals surface area contributed by atoms with Crippen LogP contribution in [0.15, 0.2) is 10.5 Å². The zero-order chi connectivity index (χ0) is 12.6. The number of aliphatic carboxylic acids is 1. The molecular formula is C12H15NO4. The first-order valence-electron chi connectivity index (χ1n) is 5.61. The highest BCUT2D eigenvalue weighted by Crippen LogP contribution is 2.23. The van der Waals surface area contributed by atoms with Gasteiger partial charge in [0.15, 0.2) is 0 Å². The predicted octanol–water partition coefficient (Wildman–Crippen LogP) is 1.59. The molecule has 5 nitrogen and oxygen atoms in total. The predicted molar refractivity (Wildman–Crippen MR) is 59.9 cm³/mol. The van der Waals surface area contributed by atoms with E-state index >= 15 is 0 Å². The molecule has 1 amide bonds. The molecule has 1 saturated heterocycles. The van der Waals surface area contributed by atoms with Crippen LogP contribution in [0, 0.1) is 13.8 Å². The van der Waals surface area contributed by atoms with Crippen molar-refractivity contribution in [1.82, 2.24) is 4.90 Å². The molecule has 1 N–H and O–H groups in total. The quantitative estimate of drug-likeness (QED) is 0.847. The highest BCUT2D eigenvalue weighted by atomic mass is 16.4. The first-order valence-corrected chi connectivity index (χ1v) is 5.61. The Balaban J connectivity index is 2.25. The molecule has 1 aromatic heterocycles. The minimum absolute atomic E-state index is 0.246. The molecule has 2 rings (SSSR count). The standard InChI is InChI=1S/C12H15NO4/c1-7-6-9(8(2)17-7)11(14)13-5-3-4-10(13)12(15)16/h6,10H,3-5H2,1-2H3,(H,15,16)/t10-/m0/s1. The summed E-state index contributed by atoms with van der Waals surface area (Å²) < 4.78 is 5.30. The Morgan fingerprint density at radius 3 is 2.71 bits per heavy atom. The Morgan fingerprint density at radius 2 is 2.18 bits per heavy atom. The van der Waals surface area contributed by atoms with Crippen molar-refractivity contribution in [2.75, 3.05) is 6.54 Å². The van der Waals surface area contributed by atoms with E-state index in [9.17, 15) is 9.59 Å². The largest absolute Gasteiger partial charge is 0.480 e. The fourth-order valence-corrected chi connectivity index (χ4v) is 2.26. The molecule has 0 bridgehead atoms. The molecule has 5 heteroatoms. The van der Waals surface area contributed by atoms with E-state index in [-0.39, 0.29) is 5.91 Å². The lowest BCUT2D eigenvalue weighted by atomic mass is 10.2. The van der Waals surface area contributed by atoms with Crippen LogP contribution >= 0.6 is 0 Å². The van der Waals surface area contributed by atoms with Crippen molar-refractivity contribution in [2.24, 2.45) is 0 Å². The smallest absolute Gasteiger partial charge is 0.326 e. The second-order valence-electron chi connectivity index (χ2n) is 4.32. The summed E-state index contributed by atoms with van der Waals surface area (Å²) in [5, 5.41) is 9.04. The lowest BCUT2D eigenvalue weighted by Crippen LogP contribution is -2.40. The van der Waals surface area contributed by atoms with Gasteiger partial charge < -0.3 is 14.4 Å². The monoisotopic (exact) mass is 237 g/mol. The second kappa shape index (κ2) is 4.24. The molecule has 0 spiro atoms. The molecule has 0 aromatic carbocycles. The number of carboxylic acid groups (broad SMARTS) is 1. The number of carbonyl (C=O) groups is 2. The fourth-order valence-electron chi connectivity index (χ4n) is 2.26. The molecule has 17 heavy (non-hydrogen) atoms. The van der Waals surface area contributed by atoms with Gasteiger partial charge in [-0.05, 0) is 32.8 Å². The molecule has 92 valence electrons. The highest BCUT2D eigenvalue weighted by molar-refractivity contribution is 5.97. The SMILES string of the molecule is Cc1cc(C(=O)N2CCC[C@H]2C(=O)O)c(C)o1. The van der Waals surface area contributed by atoms with E-state index in [2.05, 4.69) is 0 Å². The Hall–Kier alpha value is -1.78. The molecule has 0 radical (unpaired) electrons. The summed E-state index contributed by atoms with van der Waals surface area (Å²) in [5.74, 6) is 0.0263. The summed E-state index contributed by atoms with van der Waals surface area (Å²) in [5.41, 5.74) is 0.468. The van der Waals surface area contributed by atoms with Crippen LogP contribution in [0.5, 0.6) is 0 Å². The third-order valence-corrected chi connectivity index (χ3v) is 3.07. The lowest BCUT2D eigenvalue weighted by Gasteiger charge is -2.20. The number of hydrogen-bond acceptors (Lipinski definition) is 3. The Labute approximate surface area is 99.0 Å².